The zero-order valence-electron chi connectivity index (χ0n) is 27.0. The Bertz CT molecular complexity index is 2170. The summed E-state index contributed by atoms with van der Waals surface area (Å²) < 4.78 is 0. The van der Waals surface area contributed by atoms with Crippen molar-refractivity contribution in [3.05, 3.63) is 143 Å². The molecule has 0 aliphatic carbocycles. The van der Waals surface area contributed by atoms with Gasteiger partial charge in [0.1, 0.15) is 0 Å². The third-order valence-corrected chi connectivity index (χ3v) is 6.97. The molecule has 0 aromatic heterocycles. The summed E-state index contributed by atoms with van der Waals surface area (Å²) in [5.74, 6) is 0. The molecule has 5 aromatic carbocycles. The minimum Gasteiger partial charge on any atom is -0.211 e. The first-order valence-electron chi connectivity index (χ1n) is 14.9. The van der Waals surface area contributed by atoms with Gasteiger partial charge in [-0.3, -0.25) is 0 Å². The average Bonchev–Trinajstić information content (AvgIpc) is 3.14. The lowest BCUT2D eigenvalue weighted by Gasteiger charge is -2.06. The van der Waals surface area contributed by atoms with Crippen LogP contribution in [-0.2, 0) is 41.6 Å². The largest absolute Gasteiger partial charge is 0.240 e. The summed E-state index contributed by atoms with van der Waals surface area (Å²) in [7, 11) is 0. The molecule has 0 bridgehead atoms. The van der Waals surface area contributed by atoms with E-state index < -0.39 is 0 Å². The molecule has 0 atom stereocenters. The molecule has 0 heterocycles. The maximum Gasteiger partial charge on any atom is 0.240 e. The molecule has 248 valence electrons. The Balaban J connectivity index is 0.000000211. The highest BCUT2D eigenvalue weighted by molar-refractivity contribution is 5.65. The summed E-state index contributed by atoms with van der Waals surface area (Å²) in [6.07, 6.45) is 10.2. The van der Waals surface area contributed by atoms with Crippen LogP contribution in [0.5, 0.6) is 0 Å². The molecule has 12 heteroatoms. The Morgan fingerprint density at radius 1 is 0.373 bits per heavy atom. The fourth-order valence-electron chi connectivity index (χ4n) is 4.57. The van der Waals surface area contributed by atoms with E-state index in [0.29, 0.717) is 52.5 Å². The van der Waals surface area contributed by atoms with Gasteiger partial charge in [0.05, 0.1) is 34.1 Å². The van der Waals surface area contributed by atoms with Crippen LogP contribution in [0.25, 0.3) is 0 Å². The van der Waals surface area contributed by atoms with Gasteiger partial charge in [0.25, 0.3) is 0 Å². The lowest BCUT2D eigenvalue weighted by atomic mass is 10.0. The summed E-state index contributed by atoms with van der Waals surface area (Å²) in [5, 5.41) is 0. The van der Waals surface area contributed by atoms with Gasteiger partial charge in [-0.2, -0.15) is 30.0 Å². The number of benzene rings is 5. The molecule has 5 aromatic rings. The van der Waals surface area contributed by atoms with Gasteiger partial charge in [0.15, 0.2) is 0 Å². The molecular weight excluding hydrogens is 648 g/mol. The van der Waals surface area contributed by atoms with E-state index in [9.17, 15) is 28.8 Å². The lowest BCUT2D eigenvalue weighted by Crippen LogP contribution is -1.89. The number of para-hydroxylation sites is 3. The van der Waals surface area contributed by atoms with Gasteiger partial charge in [-0.15, -0.1) is 0 Å². The molecule has 0 spiro atoms. The standard InChI is InChI=1S/2C15H10N2O2.C9H6N2O2/c18-10-16-14-7-3-1-5-12(14)9-13-6-2-4-8-15(13)17-11-19;18-10-16-14-7-5-12(6-8-14)9-13-3-1-2-4-15(13)17-11-19;1-7-8(10-5-12)3-2-4-9(7)11-6-13/h2*1-8H,9H2;2-4H,1H3. The van der Waals surface area contributed by atoms with E-state index in [0.717, 1.165) is 22.3 Å². The summed E-state index contributed by atoms with van der Waals surface area (Å²) in [6, 6.07) is 34.1. The second kappa shape index (κ2) is 21.3. The number of carbonyl (C=O) groups excluding carboxylic acids is 6. The van der Waals surface area contributed by atoms with Gasteiger partial charge in [-0.25, -0.2) is 28.8 Å². The van der Waals surface area contributed by atoms with Crippen LogP contribution in [-0.4, -0.2) is 36.5 Å². The first-order valence-corrected chi connectivity index (χ1v) is 14.9. The van der Waals surface area contributed by atoms with E-state index in [1.54, 1.807) is 73.7 Å². The monoisotopic (exact) mass is 674 g/mol. The maximum atomic E-state index is 10.4. The van der Waals surface area contributed by atoms with Gasteiger partial charge < -0.3 is 0 Å². The third-order valence-electron chi connectivity index (χ3n) is 6.97. The van der Waals surface area contributed by atoms with Crippen molar-refractivity contribution in [2.24, 2.45) is 30.0 Å². The highest BCUT2D eigenvalue weighted by atomic mass is 16.1. The number of hydrogen-bond acceptors (Lipinski definition) is 12. The number of aliphatic imine (C=N–C) groups is 6. The Morgan fingerprint density at radius 2 is 0.706 bits per heavy atom. The Morgan fingerprint density at radius 3 is 1.10 bits per heavy atom. The minimum absolute atomic E-state index is 0.464. The van der Waals surface area contributed by atoms with Crippen LogP contribution in [0.4, 0.5) is 34.1 Å². The molecule has 0 saturated heterocycles. The van der Waals surface area contributed by atoms with E-state index in [4.69, 9.17) is 0 Å². The van der Waals surface area contributed by atoms with Crippen molar-refractivity contribution >= 4 is 70.6 Å². The molecular formula is C39H26N6O6. The van der Waals surface area contributed by atoms with Crippen LogP contribution in [0.15, 0.2) is 145 Å². The SMILES string of the molecule is Cc1c(N=C=O)cccc1N=C=O.O=C=Nc1ccc(Cc2ccccc2N=C=O)cc1.O=C=Nc1ccccc1Cc1ccccc1N=C=O. The highest BCUT2D eigenvalue weighted by Gasteiger charge is 2.06. The van der Waals surface area contributed by atoms with Gasteiger partial charge in [0.2, 0.25) is 36.5 Å². The topological polar surface area (TPSA) is 177 Å². The first-order chi connectivity index (χ1) is 25.0. The van der Waals surface area contributed by atoms with Crippen molar-refractivity contribution in [2.75, 3.05) is 0 Å². The highest BCUT2D eigenvalue weighted by Crippen LogP contribution is 2.28. The predicted octanol–water partition coefficient (Wildman–Crippen LogP) is 8.35. The van der Waals surface area contributed by atoms with Crippen molar-refractivity contribution in [3.8, 4) is 0 Å². The molecule has 0 aliphatic heterocycles. The average molecular weight is 675 g/mol. The smallest absolute Gasteiger partial charge is 0.211 e. The second-order valence-corrected chi connectivity index (χ2v) is 10.0. The Kier molecular flexibility index (Phi) is 15.8. The van der Waals surface area contributed by atoms with Crippen LogP contribution in [0, 0.1) is 6.92 Å². The van der Waals surface area contributed by atoms with Gasteiger partial charge in [-0.1, -0.05) is 72.8 Å². The van der Waals surface area contributed by atoms with Crippen molar-refractivity contribution in [2.45, 2.75) is 19.8 Å². The van der Waals surface area contributed by atoms with Crippen molar-refractivity contribution < 1.29 is 28.8 Å². The van der Waals surface area contributed by atoms with E-state index >= 15 is 0 Å². The molecule has 5 rings (SSSR count). The van der Waals surface area contributed by atoms with E-state index in [1.165, 1.54) is 30.4 Å². The molecule has 0 amide bonds. The summed E-state index contributed by atoms with van der Waals surface area (Å²) in [4.78, 5) is 82.7. The van der Waals surface area contributed by atoms with E-state index in [2.05, 4.69) is 30.0 Å². The number of hydrogen-bond donors (Lipinski definition) is 0. The maximum absolute atomic E-state index is 10.4. The number of isocyanates is 6. The summed E-state index contributed by atoms with van der Waals surface area (Å²) in [5.41, 5.74) is 7.65. The predicted molar refractivity (Wildman–Crippen MR) is 189 cm³/mol. The van der Waals surface area contributed by atoms with Crippen molar-refractivity contribution in [1.82, 2.24) is 0 Å². The Hall–Kier alpha value is -7.62. The van der Waals surface area contributed by atoms with Gasteiger partial charge in [-0.05, 0) is 78.1 Å². The third kappa shape index (κ3) is 12.2. The number of nitrogens with zero attached hydrogens (tertiary/aromatic N) is 6. The van der Waals surface area contributed by atoms with Crippen molar-refractivity contribution in [1.29, 1.82) is 0 Å². The quantitative estimate of drug-likeness (QED) is 0.106. The van der Waals surface area contributed by atoms with Crippen LogP contribution < -0.4 is 0 Å². The number of rotatable bonds is 10. The van der Waals surface area contributed by atoms with Crippen LogP contribution in [0.2, 0.25) is 0 Å². The lowest BCUT2D eigenvalue weighted by molar-refractivity contribution is 0.564. The molecule has 0 saturated carbocycles. The van der Waals surface area contributed by atoms with Crippen molar-refractivity contribution in [3.63, 3.8) is 0 Å². The normalized spacial score (nSPS) is 9.04. The summed E-state index contributed by atoms with van der Waals surface area (Å²) >= 11 is 0. The first kappa shape index (κ1) is 37.8. The van der Waals surface area contributed by atoms with E-state index in [1.807, 2.05) is 54.6 Å². The fraction of sp³-hybridized carbons (Fsp3) is 0.0769. The summed E-state index contributed by atoms with van der Waals surface area (Å²) in [6.45, 7) is 1.71. The molecule has 0 N–H and O–H groups in total. The molecule has 51 heavy (non-hydrogen) atoms. The zero-order chi connectivity index (χ0) is 36.7. The zero-order valence-corrected chi connectivity index (χ0v) is 27.0. The van der Waals surface area contributed by atoms with Crippen LogP contribution >= 0.6 is 0 Å². The Labute approximate surface area is 291 Å². The second-order valence-electron chi connectivity index (χ2n) is 10.0. The molecule has 0 unspecified atom stereocenters. The van der Waals surface area contributed by atoms with Gasteiger partial charge in [0, 0.05) is 12.0 Å². The van der Waals surface area contributed by atoms with Gasteiger partial charge >= 0.3 is 0 Å². The molecule has 0 radical (unpaired) electrons. The minimum atomic E-state index is 0.464. The molecule has 0 fully saturated rings. The van der Waals surface area contributed by atoms with E-state index in [-0.39, 0.29) is 0 Å². The van der Waals surface area contributed by atoms with Crippen LogP contribution in [0.3, 0.4) is 0 Å². The molecule has 12 nitrogen and oxygen atoms in total. The van der Waals surface area contributed by atoms with Crippen LogP contribution in [0.1, 0.15) is 27.8 Å². The molecule has 0 aliphatic rings. The fourth-order valence-corrected chi connectivity index (χ4v) is 4.57.